The Kier molecular flexibility index (Phi) is 8.69. The molecule has 0 amide bonds. The Bertz CT molecular complexity index is 829. The normalized spacial score (nSPS) is 28.7. The summed E-state index contributed by atoms with van der Waals surface area (Å²) in [6.07, 6.45) is 5.02. The van der Waals surface area contributed by atoms with Gasteiger partial charge in [-0.05, 0) is 49.5 Å². The molecule has 0 aromatic heterocycles. The summed E-state index contributed by atoms with van der Waals surface area (Å²) in [6, 6.07) is 7.63. The number of Topliss-reactive ketones (excluding diaryl/α,β-unsaturated/α-hetero) is 1. The lowest BCUT2D eigenvalue weighted by Gasteiger charge is -2.19. The molecule has 0 radical (unpaired) electrons. The number of ketones is 1. The lowest BCUT2D eigenvalue weighted by molar-refractivity contribution is -0.154. The van der Waals surface area contributed by atoms with Crippen molar-refractivity contribution in [3.63, 3.8) is 0 Å². The van der Waals surface area contributed by atoms with Gasteiger partial charge in [0.2, 0.25) is 0 Å². The number of rotatable bonds is 5. The third-order valence-electron chi connectivity index (χ3n) is 5.48. The van der Waals surface area contributed by atoms with Crippen LogP contribution >= 0.6 is 11.6 Å². The number of benzene rings is 1. The zero-order chi connectivity index (χ0) is 22.2. The summed E-state index contributed by atoms with van der Waals surface area (Å²) in [5.74, 6) is 0.0149. The number of hydrogen-bond donors (Lipinski definition) is 0. The molecular weight excluding hydrogens is 420 g/mol. The van der Waals surface area contributed by atoms with E-state index >= 15 is 0 Å². The third-order valence-corrected chi connectivity index (χ3v) is 5.83. The average molecular weight is 449 g/mol. The first-order valence-corrected chi connectivity index (χ1v) is 10.9. The van der Waals surface area contributed by atoms with Crippen LogP contribution in [0.15, 0.2) is 47.0 Å². The number of halogens is 1. The quantitative estimate of drug-likeness (QED) is 0.488. The Morgan fingerprint density at radius 3 is 2.68 bits per heavy atom. The van der Waals surface area contributed by atoms with E-state index in [1.165, 1.54) is 0 Å². The summed E-state index contributed by atoms with van der Waals surface area (Å²) in [7, 11) is 1.62. The average Bonchev–Trinajstić information content (AvgIpc) is 3.13. The van der Waals surface area contributed by atoms with E-state index in [4.69, 9.17) is 30.5 Å². The predicted molar refractivity (Wildman–Crippen MR) is 117 cm³/mol. The number of esters is 1. The van der Waals surface area contributed by atoms with Crippen molar-refractivity contribution in [2.45, 2.75) is 63.9 Å². The van der Waals surface area contributed by atoms with Gasteiger partial charge >= 0.3 is 5.97 Å². The fraction of sp³-hybridized carbons (Fsp3) is 0.500. The zero-order valence-corrected chi connectivity index (χ0v) is 18.7. The number of carbonyl (C=O) groups is 2. The van der Waals surface area contributed by atoms with Gasteiger partial charge < -0.3 is 18.9 Å². The Morgan fingerprint density at radius 1 is 1.16 bits per heavy atom. The molecule has 1 aromatic carbocycles. The van der Waals surface area contributed by atoms with Crippen molar-refractivity contribution in [2.75, 3.05) is 13.7 Å². The second kappa shape index (κ2) is 11.5. The van der Waals surface area contributed by atoms with Crippen LogP contribution in [0.5, 0.6) is 5.75 Å². The molecule has 0 unspecified atom stereocenters. The molecule has 0 N–H and O–H groups in total. The molecule has 31 heavy (non-hydrogen) atoms. The highest BCUT2D eigenvalue weighted by Crippen LogP contribution is 2.29. The third kappa shape index (κ3) is 7.20. The Labute approximate surface area is 188 Å². The molecule has 0 spiro atoms. The predicted octanol–water partition coefficient (Wildman–Crippen LogP) is 4.49. The minimum atomic E-state index is -0.530. The summed E-state index contributed by atoms with van der Waals surface area (Å²) in [6.45, 7) is 2.40. The number of carbonyl (C=O) groups excluding carboxylic acids is 2. The molecular formula is C24H29ClO6. The summed E-state index contributed by atoms with van der Waals surface area (Å²) >= 11 is 6.31. The highest BCUT2D eigenvalue weighted by Gasteiger charge is 2.38. The Morgan fingerprint density at radius 2 is 1.94 bits per heavy atom. The van der Waals surface area contributed by atoms with Crippen LogP contribution in [-0.2, 0) is 30.4 Å². The van der Waals surface area contributed by atoms with Gasteiger partial charge in [0.05, 0.1) is 26.4 Å². The first-order valence-electron chi connectivity index (χ1n) is 10.5. The van der Waals surface area contributed by atoms with E-state index < -0.39 is 12.1 Å². The molecule has 3 atom stereocenters. The van der Waals surface area contributed by atoms with Crippen LogP contribution in [0.3, 0.4) is 0 Å². The maximum Gasteiger partial charge on any atom is 0.314 e. The molecule has 1 aromatic rings. The van der Waals surface area contributed by atoms with E-state index in [-0.39, 0.29) is 31.0 Å². The van der Waals surface area contributed by atoms with Crippen molar-refractivity contribution in [3.8, 4) is 5.75 Å². The number of hydrogen-bond acceptors (Lipinski definition) is 6. The summed E-state index contributed by atoms with van der Waals surface area (Å²) in [5, 5.41) is 0.741. The molecule has 1 fully saturated rings. The smallest absolute Gasteiger partial charge is 0.314 e. The van der Waals surface area contributed by atoms with Crippen LogP contribution in [-0.4, -0.2) is 43.8 Å². The minimum absolute atomic E-state index is 0.0783. The van der Waals surface area contributed by atoms with E-state index in [0.29, 0.717) is 31.4 Å². The van der Waals surface area contributed by atoms with Crippen LogP contribution in [0.2, 0.25) is 0 Å². The maximum absolute atomic E-state index is 12.3. The number of fused-ring (bicyclic) bond motifs is 2. The van der Waals surface area contributed by atoms with Gasteiger partial charge in [0, 0.05) is 11.5 Å². The number of allylic oxidation sites excluding steroid dienone is 4. The van der Waals surface area contributed by atoms with Crippen LogP contribution in [0.25, 0.3) is 0 Å². The Balaban J connectivity index is 1.62. The zero-order valence-electron chi connectivity index (χ0n) is 18.0. The summed E-state index contributed by atoms with van der Waals surface area (Å²) in [4.78, 5) is 24.6. The molecule has 1 saturated heterocycles. The molecule has 2 aliphatic rings. The van der Waals surface area contributed by atoms with Crippen molar-refractivity contribution >= 4 is 23.4 Å². The highest BCUT2D eigenvalue weighted by atomic mass is 35.5. The lowest BCUT2D eigenvalue weighted by atomic mass is 10.1. The molecule has 2 aliphatic heterocycles. The van der Waals surface area contributed by atoms with Gasteiger partial charge in [-0.3, -0.25) is 9.59 Å². The van der Waals surface area contributed by atoms with Gasteiger partial charge in [-0.2, -0.15) is 0 Å². The van der Waals surface area contributed by atoms with Gasteiger partial charge in [-0.15, -0.1) is 0 Å². The molecule has 0 aliphatic carbocycles. The van der Waals surface area contributed by atoms with E-state index in [1.807, 2.05) is 30.3 Å². The molecule has 0 saturated carbocycles. The fourth-order valence-electron chi connectivity index (χ4n) is 3.63. The van der Waals surface area contributed by atoms with Gasteiger partial charge in [0.1, 0.15) is 24.4 Å². The monoisotopic (exact) mass is 448 g/mol. The first kappa shape index (κ1) is 23.5. The molecule has 7 heteroatoms. The topological polar surface area (TPSA) is 71.1 Å². The van der Waals surface area contributed by atoms with E-state index in [2.05, 4.69) is 0 Å². The van der Waals surface area contributed by atoms with Crippen molar-refractivity contribution in [1.29, 1.82) is 0 Å². The molecule has 168 valence electrons. The summed E-state index contributed by atoms with van der Waals surface area (Å²) in [5.41, 5.74) is 1.54. The molecule has 6 nitrogen and oxygen atoms in total. The van der Waals surface area contributed by atoms with Crippen molar-refractivity contribution in [2.24, 2.45) is 0 Å². The van der Waals surface area contributed by atoms with Gasteiger partial charge in [-0.25, -0.2) is 0 Å². The minimum Gasteiger partial charge on any atom is -0.497 e. The second-order valence-electron chi connectivity index (χ2n) is 7.84. The maximum atomic E-state index is 12.3. The van der Waals surface area contributed by atoms with Crippen LogP contribution in [0.1, 0.15) is 44.6 Å². The van der Waals surface area contributed by atoms with Gasteiger partial charge in [-0.1, -0.05) is 35.9 Å². The standard InChI is InChI=1S/C24H29ClO6/c1-16-4-3-5-18(25)8-11-20-12-22(31-24(27)13-21(16)26)23(30-20)15-29-14-17-6-9-19(28-2)10-7-17/h4-7,9-10,20,22-23H,3,8,11-15H2,1-2H3/b16-4-,18-5-/t20-,22-,23-/m1/s1. The van der Waals surface area contributed by atoms with Gasteiger partial charge in [0.15, 0.2) is 5.78 Å². The van der Waals surface area contributed by atoms with Crippen molar-refractivity contribution in [1.82, 2.24) is 0 Å². The number of ether oxygens (including phenoxy) is 4. The van der Waals surface area contributed by atoms with Crippen LogP contribution in [0.4, 0.5) is 0 Å². The van der Waals surface area contributed by atoms with Crippen molar-refractivity contribution < 1.29 is 28.5 Å². The van der Waals surface area contributed by atoms with Gasteiger partial charge in [0.25, 0.3) is 0 Å². The SMILES string of the molecule is COc1ccc(COC[C@H]2O[C@@H]3CC/C(Cl)=C/C/C=C(/C)C(=O)CC(=O)O[C@@H]2C3)cc1. The van der Waals surface area contributed by atoms with E-state index in [9.17, 15) is 9.59 Å². The number of methoxy groups -OCH3 is 1. The highest BCUT2D eigenvalue weighted by molar-refractivity contribution is 6.29. The largest absolute Gasteiger partial charge is 0.497 e. The summed E-state index contributed by atoms with van der Waals surface area (Å²) < 4.78 is 22.7. The van der Waals surface area contributed by atoms with Crippen LogP contribution in [0, 0.1) is 0 Å². The fourth-order valence-corrected chi connectivity index (χ4v) is 3.83. The second-order valence-corrected chi connectivity index (χ2v) is 8.32. The van der Waals surface area contributed by atoms with Crippen molar-refractivity contribution in [3.05, 3.63) is 52.6 Å². The molecule has 2 heterocycles. The van der Waals surface area contributed by atoms with Crippen LogP contribution < -0.4 is 4.74 Å². The molecule has 2 bridgehead atoms. The first-order chi connectivity index (χ1) is 14.9. The Hall–Kier alpha value is -2.15. The molecule has 3 rings (SSSR count). The van der Waals surface area contributed by atoms with E-state index in [1.54, 1.807) is 20.1 Å². The van der Waals surface area contributed by atoms with E-state index in [0.717, 1.165) is 22.8 Å². The lowest BCUT2D eigenvalue weighted by Crippen LogP contribution is -2.31.